The topological polar surface area (TPSA) is 0 Å². The van der Waals surface area contributed by atoms with Crippen LogP contribution in [0.5, 0.6) is 0 Å². The van der Waals surface area contributed by atoms with Crippen LogP contribution in [0.3, 0.4) is 0 Å². The van der Waals surface area contributed by atoms with Crippen molar-refractivity contribution in [1.29, 1.82) is 0 Å². The number of halogens is 3. The van der Waals surface area contributed by atoms with Crippen LogP contribution < -0.4 is 0 Å². The first kappa shape index (κ1) is 31.3. The van der Waals surface area contributed by atoms with Crippen molar-refractivity contribution in [3.05, 3.63) is 107 Å². The van der Waals surface area contributed by atoms with E-state index < -0.39 is 11.7 Å². The zero-order chi connectivity index (χ0) is 32.6. The van der Waals surface area contributed by atoms with Gasteiger partial charge in [0.15, 0.2) is 0 Å². The van der Waals surface area contributed by atoms with Gasteiger partial charge in [-0.05, 0) is 141 Å². The molecule has 4 aliphatic rings. The van der Waals surface area contributed by atoms with Crippen LogP contribution in [0.25, 0.3) is 33.4 Å². The molecule has 0 spiro atoms. The van der Waals surface area contributed by atoms with Crippen LogP contribution in [0, 0.1) is 17.8 Å². The van der Waals surface area contributed by atoms with Crippen LogP contribution in [0.15, 0.2) is 84.9 Å². The highest BCUT2D eigenvalue weighted by Gasteiger charge is 2.52. The molecular weight excluding hydrogens is 573 g/mol. The summed E-state index contributed by atoms with van der Waals surface area (Å²) >= 11 is 0. The summed E-state index contributed by atoms with van der Waals surface area (Å²) in [5.74, 6) is 2.27. The lowest BCUT2D eigenvalue weighted by Gasteiger charge is -2.57. The van der Waals surface area contributed by atoms with Crippen LogP contribution >= 0.6 is 0 Å². The second-order valence-electron chi connectivity index (χ2n) is 16.8. The molecule has 0 heterocycles. The predicted octanol–water partition coefficient (Wildman–Crippen LogP) is 12.8. The smallest absolute Gasteiger partial charge is 0.166 e. The second kappa shape index (κ2) is 10.9. The quantitative estimate of drug-likeness (QED) is 0.213. The lowest BCUT2D eigenvalue weighted by molar-refractivity contribution is -0.137. The number of benzene rings is 4. The van der Waals surface area contributed by atoms with Crippen molar-refractivity contribution in [1.82, 2.24) is 0 Å². The molecule has 4 aliphatic carbocycles. The van der Waals surface area contributed by atoms with E-state index in [1.807, 2.05) is 12.1 Å². The summed E-state index contributed by atoms with van der Waals surface area (Å²) in [7, 11) is 0. The molecule has 240 valence electrons. The fraction of sp³-hybridized carbons (Fsp3) is 0.442. The highest BCUT2D eigenvalue weighted by atomic mass is 19.4. The zero-order valence-electron chi connectivity index (χ0n) is 28.2. The van der Waals surface area contributed by atoms with E-state index in [2.05, 4.69) is 90.1 Å². The molecule has 0 N–H and O–H groups in total. The lowest BCUT2D eigenvalue weighted by Crippen LogP contribution is -2.48. The van der Waals surface area contributed by atoms with Gasteiger partial charge in [0, 0.05) is 0 Å². The monoisotopic (exact) mass is 620 g/mol. The van der Waals surface area contributed by atoms with Gasteiger partial charge in [-0.15, -0.1) is 0 Å². The van der Waals surface area contributed by atoms with Crippen LogP contribution in [0.4, 0.5) is 13.2 Å². The third kappa shape index (κ3) is 5.42. The summed E-state index contributed by atoms with van der Waals surface area (Å²) in [6.07, 6.45) is 3.12. The van der Waals surface area contributed by atoms with Crippen molar-refractivity contribution < 1.29 is 13.2 Å². The van der Waals surface area contributed by atoms with Crippen molar-refractivity contribution in [3.63, 3.8) is 0 Å². The Balaban J connectivity index is 1.64. The Kier molecular flexibility index (Phi) is 7.38. The Bertz CT molecular complexity index is 1660. The Hall–Kier alpha value is -3.33. The van der Waals surface area contributed by atoms with Gasteiger partial charge in [-0.1, -0.05) is 108 Å². The van der Waals surface area contributed by atoms with Crippen molar-refractivity contribution in [2.75, 3.05) is 0 Å². The highest BCUT2D eigenvalue weighted by molar-refractivity contribution is 5.98. The Morgan fingerprint density at radius 3 is 1.26 bits per heavy atom. The fourth-order valence-corrected chi connectivity index (χ4v) is 9.82. The summed E-state index contributed by atoms with van der Waals surface area (Å²) in [6.45, 7) is 13.2. The summed E-state index contributed by atoms with van der Waals surface area (Å²) < 4.78 is 44.8. The minimum atomic E-state index is -4.49. The number of hydrogen-bond acceptors (Lipinski definition) is 0. The second-order valence-corrected chi connectivity index (χ2v) is 16.8. The van der Waals surface area contributed by atoms with E-state index in [-0.39, 0.29) is 21.8 Å². The average Bonchev–Trinajstić information content (AvgIpc) is 2.98. The molecule has 0 unspecified atom stereocenters. The Morgan fingerprint density at radius 2 is 0.870 bits per heavy atom. The molecule has 4 saturated carbocycles. The largest absolute Gasteiger partial charge is 0.417 e. The number of hydrogen-bond donors (Lipinski definition) is 0. The fourth-order valence-electron chi connectivity index (χ4n) is 9.82. The van der Waals surface area contributed by atoms with Gasteiger partial charge in [-0.3, -0.25) is 0 Å². The molecule has 0 aliphatic heterocycles. The third-order valence-corrected chi connectivity index (χ3v) is 11.3. The van der Waals surface area contributed by atoms with Crippen molar-refractivity contribution in [3.8, 4) is 33.4 Å². The maximum atomic E-state index is 14.9. The number of alkyl halides is 3. The first-order chi connectivity index (χ1) is 21.6. The minimum Gasteiger partial charge on any atom is -0.166 e. The number of rotatable bonds is 4. The summed E-state index contributed by atoms with van der Waals surface area (Å²) in [5.41, 5.74) is 7.59. The lowest BCUT2D eigenvalue weighted by atomic mass is 9.48. The molecule has 0 nitrogen and oxygen atoms in total. The van der Waals surface area contributed by atoms with Gasteiger partial charge >= 0.3 is 6.18 Å². The minimum absolute atomic E-state index is 0.0771. The molecule has 4 fully saturated rings. The maximum absolute atomic E-state index is 14.9. The Labute approximate surface area is 273 Å². The normalized spacial score (nSPS) is 24.4. The van der Waals surface area contributed by atoms with E-state index >= 15 is 0 Å². The molecule has 4 aromatic carbocycles. The van der Waals surface area contributed by atoms with E-state index in [1.54, 1.807) is 12.1 Å². The van der Waals surface area contributed by atoms with Gasteiger partial charge in [-0.25, -0.2) is 0 Å². The summed E-state index contributed by atoms with van der Waals surface area (Å²) in [5, 5.41) is 0. The van der Waals surface area contributed by atoms with Crippen LogP contribution in [0.1, 0.15) is 102 Å². The first-order valence-electron chi connectivity index (χ1n) is 17.2. The predicted molar refractivity (Wildman–Crippen MR) is 185 cm³/mol. The SMILES string of the molecule is CC(C)(C)c1ccccc1-c1cc(C23CC4CC(CC(C4)C2)C3)cc(-c2ccccc2C(C)(C)C)c1-c1ccccc1C(F)(F)F. The molecule has 4 aromatic rings. The molecule has 0 radical (unpaired) electrons. The van der Waals surface area contributed by atoms with Crippen LogP contribution in [-0.2, 0) is 22.4 Å². The molecule has 4 bridgehead atoms. The molecule has 46 heavy (non-hydrogen) atoms. The van der Waals surface area contributed by atoms with E-state index in [9.17, 15) is 13.2 Å². The van der Waals surface area contributed by atoms with Crippen molar-refractivity contribution in [2.45, 2.75) is 102 Å². The van der Waals surface area contributed by atoms with Crippen LogP contribution in [0.2, 0.25) is 0 Å². The first-order valence-corrected chi connectivity index (χ1v) is 17.2. The van der Waals surface area contributed by atoms with Gasteiger partial charge in [-0.2, -0.15) is 13.2 Å². The molecule has 0 amide bonds. The van der Waals surface area contributed by atoms with Gasteiger partial charge in [0.05, 0.1) is 5.56 Å². The van der Waals surface area contributed by atoms with Crippen molar-refractivity contribution in [2.24, 2.45) is 17.8 Å². The van der Waals surface area contributed by atoms with Crippen molar-refractivity contribution >= 4 is 0 Å². The summed E-state index contributed by atoms with van der Waals surface area (Å²) in [6, 6.07) is 27.7. The van der Waals surface area contributed by atoms with Gasteiger partial charge in [0.1, 0.15) is 0 Å². The van der Waals surface area contributed by atoms with E-state index in [0.717, 1.165) is 51.1 Å². The average molecular weight is 621 g/mol. The molecule has 0 atom stereocenters. The molecule has 8 rings (SSSR count). The van der Waals surface area contributed by atoms with Gasteiger partial charge < -0.3 is 0 Å². The van der Waals surface area contributed by atoms with E-state index in [4.69, 9.17) is 0 Å². The molecule has 3 heteroatoms. The zero-order valence-corrected chi connectivity index (χ0v) is 28.2. The van der Waals surface area contributed by atoms with Gasteiger partial charge in [0.2, 0.25) is 0 Å². The molecular formula is C43H47F3. The van der Waals surface area contributed by atoms with Crippen LogP contribution in [-0.4, -0.2) is 0 Å². The van der Waals surface area contributed by atoms with E-state index in [1.165, 1.54) is 56.2 Å². The van der Waals surface area contributed by atoms with Gasteiger partial charge in [0.25, 0.3) is 0 Å². The van der Waals surface area contributed by atoms with E-state index in [0.29, 0.717) is 5.56 Å². The molecule has 0 saturated heterocycles. The Morgan fingerprint density at radius 1 is 0.500 bits per heavy atom. The maximum Gasteiger partial charge on any atom is 0.417 e. The third-order valence-electron chi connectivity index (χ3n) is 11.3. The highest BCUT2D eigenvalue weighted by Crippen LogP contribution is 2.62. The molecule has 0 aromatic heterocycles. The summed E-state index contributed by atoms with van der Waals surface area (Å²) in [4.78, 5) is 0. The standard InChI is InChI=1S/C43H47F3/c1-40(2,3)36-16-10-7-13-31(36)34-22-30(42-24-27-19-28(25-42)21-29(20-27)26-42)23-35(32-14-8-11-17-37(32)41(4,5)6)39(34)33-15-9-12-18-38(33)43(44,45)46/h7-18,22-23,27-29H,19-21,24-26H2,1-6H3.